The van der Waals surface area contributed by atoms with Gasteiger partial charge in [-0.1, -0.05) is 49.4 Å². The van der Waals surface area contributed by atoms with E-state index in [4.69, 9.17) is 14.2 Å². The molecule has 3 aliphatic heterocycles. The fourth-order valence-electron chi connectivity index (χ4n) is 7.96. The number of hydrogen-bond acceptors (Lipinski definition) is 8. The van der Waals surface area contributed by atoms with Crippen LogP contribution in [0.4, 0.5) is 15.5 Å². The third-order valence-electron chi connectivity index (χ3n) is 10.2. The summed E-state index contributed by atoms with van der Waals surface area (Å²) in [6, 6.07) is 21.8. The van der Waals surface area contributed by atoms with Crippen LogP contribution >= 0.6 is 0 Å². The van der Waals surface area contributed by atoms with Crippen molar-refractivity contribution in [3.05, 3.63) is 89.5 Å². The van der Waals surface area contributed by atoms with Gasteiger partial charge in [0.1, 0.15) is 5.75 Å². The quantitative estimate of drug-likeness (QED) is 0.119. The highest BCUT2D eigenvalue weighted by Crippen LogP contribution is 2.60. The average molecular weight is 718 g/mol. The summed E-state index contributed by atoms with van der Waals surface area (Å²) in [6.45, 7) is 6.60. The fraction of sp³-hybridized carbons (Fsp3) is 0.421. The number of hydrogen-bond donors (Lipinski definition) is 1. The summed E-state index contributed by atoms with van der Waals surface area (Å²) >= 11 is 0. The van der Waals surface area contributed by atoms with E-state index in [1.54, 1.807) is 65.4 Å². The number of esters is 1. The van der Waals surface area contributed by atoms with Gasteiger partial charge in [-0.15, -0.1) is 0 Å². The summed E-state index contributed by atoms with van der Waals surface area (Å²) in [7, 11) is -2.02. The number of benzene rings is 3. The summed E-state index contributed by atoms with van der Waals surface area (Å²) < 4.78 is 34.0. The van der Waals surface area contributed by atoms with Gasteiger partial charge in [0, 0.05) is 42.7 Å². The van der Waals surface area contributed by atoms with Crippen molar-refractivity contribution in [3.8, 4) is 5.75 Å². The summed E-state index contributed by atoms with van der Waals surface area (Å²) in [6.07, 6.45) is -1.59. The minimum Gasteiger partial charge on any atom is -0.497 e. The van der Waals surface area contributed by atoms with Gasteiger partial charge in [-0.2, -0.15) is 0 Å². The lowest BCUT2D eigenvalue weighted by molar-refractivity contribution is -0.154. The molecule has 11 nitrogen and oxygen atoms in total. The highest BCUT2D eigenvalue weighted by Gasteiger charge is 2.67. The Balaban J connectivity index is 1.30. The number of carbonyl (C=O) groups is 4. The summed E-state index contributed by atoms with van der Waals surface area (Å²) in [4.78, 5) is 57.1. The summed E-state index contributed by atoms with van der Waals surface area (Å²) in [5, 5.41) is 9.80. The van der Waals surface area contributed by atoms with E-state index in [0.29, 0.717) is 22.7 Å². The minimum atomic E-state index is -3.55. The van der Waals surface area contributed by atoms with Crippen LogP contribution in [0.15, 0.2) is 72.8 Å². The van der Waals surface area contributed by atoms with E-state index in [2.05, 4.69) is 0 Å². The first kappa shape index (κ1) is 36.2. The van der Waals surface area contributed by atoms with Crippen molar-refractivity contribution in [2.24, 2.45) is 5.92 Å². The zero-order valence-corrected chi connectivity index (χ0v) is 30.5. The number of ether oxygens (including phenoxy) is 3. The first-order valence-electron chi connectivity index (χ1n) is 17.2. The van der Waals surface area contributed by atoms with Crippen molar-refractivity contribution in [2.75, 3.05) is 30.1 Å². The zero-order chi connectivity index (χ0) is 36.7. The third-order valence-corrected chi connectivity index (χ3v) is 12.7. The van der Waals surface area contributed by atoms with Gasteiger partial charge in [-0.25, -0.2) is 0 Å². The van der Waals surface area contributed by atoms with Crippen LogP contribution in [0.1, 0.15) is 43.4 Å². The molecular weight excluding hydrogens is 674 g/mol. The number of amides is 3. The van der Waals surface area contributed by atoms with Gasteiger partial charge in [-0.3, -0.25) is 24.1 Å². The Hall–Kier alpha value is -4.59. The van der Waals surface area contributed by atoms with E-state index >= 15 is 4.11 Å². The molecule has 3 aromatic carbocycles. The molecule has 5 atom stereocenters. The predicted molar refractivity (Wildman–Crippen MR) is 190 cm³/mol. The van der Waals surface area contributed by atoms with E-state index in [1.807, 2.05) is 37.3 Å². The fourth-order valence-corrected chi connectivity index (χ4v) is 10.4. The lowest BCUT2D eigenvalue weighted by atomic mass is 9.82. The van der Waals surface area contributed by atoms with Gasteiger partial charge < -0.3 is 33.2 Å². The molecule has 0 bridgehead atoms. The Morgan fingerprint density at radius 3 is 2.37 bits per heavy atom. The Bertz CT molecular complexity index is 1800. The van der Waals surface area contributed by atoms with E-state index in [0.717, 1.165) is 11.1 Å². The molecular formula is C38H44FN3O8Si. The second-order valence-electron chi connectivity index (χ2n) is 14.0. The summed E-state index contributed by atoms with van der Waals surface area (Å²) in [5.74, 6) is -1.41. The molecule has 13 heteroatoms. The molecule has 1 spiro atoms. The largest absolute Gasteiger partial charge is 0.497 e. The predicted octanol–water partition coefficient (Wildman–Crippen LogP) is 5.05. The molecule has 51 heavy (non-hydrogen) atoms. The van der Waals surface area contributed by atoms with Crippen molar-refractivity contribution < 1.29 is 42.6 Å². The topological polar surface area (TPSA) is 126 Å². The standard InChI is InChI=1S/C38H44FN3O8Si/c1-24-36(51(4,5)39)32(20-33(45)40(17-18-43)22-26-9-7-6-8-10-26)50-38(24)30-19-29(48-3)15-16-31(30)41(37(38)47)23-27-11-13-28(14-12-27)42-34(46)21-35(42)49-25(2)44/h6-16,19,24,32,35-36,43H,17-18,20-23H2,1-5H3/t24-,32+,35?,36-,38+/m0/s1. The Labute approximate surface area is 298 Å². The number of halogens is 1. The maximum Gasteiger partial charge on any atom is 0.304 e. The normalized spacial score (nSPS) is 24.1. The lowest BCUT2D eigenvalue weighted by Crippen LogP contribution is -2.54. The van der Waals surface area contributed by atoms with Gasteiger partial charge in [-0.05, 0) is 54.6 Å². The Morgan fingerprint density at radius 2 is 1.76 bits per heavy atom. The Morgan fingerprint density at radius 1 is 1.06 bits per heavy atom. The highest BCUT2D eigenvalue weighted by atomic mass is 28.4. The first-order valence-corrected chi connectivity index (χ1v) is 20.1. The Kier molecular flexibility index (Phi) is 10.1. The molecule has 2 saturated heterocycles. The van der Waals surface area contributed by atoms with Crippen LogP contribution in [-0.2, 0) is 47.3 Å². The van der Waals surface area contributed by atoms with Crippen LogP contribution in [0.3, 0.4) is 0 Å². The van der Waals surface area contributed by atoms with Crippen molar-refractivity contribution in [2.45, 2.75) is 76.3 Å². The number of aliphatic hydroxyl groups excluding tert-OH is 1. The van der Waals surface area contributed by atoms with E-state index in [-0.39, 0.29) is 56.8 Å². The van der Waals surface area contributed by atoms with E-state index in [9.17, 15) is 24.3 Å². The van der Waals surface area contributed by atoms with Gasteiger partial charge in [0.05, 0.1) is 44.9 Å². The number of nitrogens with zero attached hydrogens (tertiary/aromatic N) is 3. The lowest BCUT2D eigenvalue weighted by Gasteiger charge is -2.39. The monoisotopic (exact) mass is 717 g/mol. The van der Waals surface area contributed by atoms with Gasteiger partial charge in [0.2, 0.25) is 20.2 Å². The SMILES string of the molecule is COc1ccc2c(c1)[C@@]1(O[C@H](CC(=O)N(CCO)Cc3ccccc3)[C@@H]([Si](C)(C)F)[C@@H]1C)C(=O)N2Cc1ccc(N2C(=O)CC2OC(C)=O)cc1. The number of methoxy groups -OCH3 is 1. The second-order valence-corrected chi connectivity index (χ2v) is 17.8. The molecule has 0 saturated carbocycles. The van der Waals surface area contributed by atoms with E-state index in [1.165, 1.54) is 18.9 Å². The maximum absolute atomic E-state index is 16.4. The molecule has 3 aliphatic rings. The van der Waals surface area contributed by atoms with Gasteiger partial charge >= 0.3 is 5.97 Å². The smallest absolute Gasteiger partial charge is 0.304 e. The summed E-state index contributed by atoms with van der Waals surface area (Å²) in [5.41, 5.74) is 1.10. The number of β-lactam (4-membered cyclic amide) rings is 1. The van der Waals surface area contributed by atoms with Gasteiger partial charge in [0.15, 0.2) is 11.8 Å². The molecule has 3 amide bonds. The maximum atomic E-state index is 16.4. The number of anilines is 2. The first-order chi connectivity index (χ1) is 24.3. The van der Waals surface area contributed by atoms with Crippen LogP contribution < -0.4 is 14.5 Å². The minimum absolute atomic E-state index is 0.101. The molecule has 3 heterocycles. The molecule has 1 unspecified atom stereocenters. The molecule has 0 radical (unpaired) electrons. The van der Waals surface area contributed by atoms with Crippen LogP contribution in [-0.4, -0.2) is 74.7 Å². The molecule has 3 aromatic rings. The molecule has 0 aliphatic carbocycles. The molecule has 6 rings (SSSR count). The molecule has 1 N–H and O–H groups in total. The van der Waals surface area contributed by atoms with Crippen molar-refractivity contribution >= 4 is 43.5 Å². The second kappa shape index (κ2) is 14.2. The average Bonchev–Trinajstić information content (AvgIpc) is 3.51. The molecule has 270 valence electrons. The number of carbonyl (C=O) groups excluding carboxylic acids is 4. The highest BCUT2D eigenvalue weighted by molar-refractivity contribution is 6.72. The molecule has 2 fully saturated rings. The van der Waals surface area contributed by atoms with Crippen LogP contribution in [0.5, 0.6) is 5.75 Å². The number of aliphatic hydroxyl groups is 1. The number of rotatable bonds is 12. The van der Waals surface area contributed by atoms with E-state index < -0.39 is 43.8 Å². The van der Waals surface area contributed by atoms with Crippen molar-refractivity contribution in [1.29, 1.82) is 0 Å². The van der Waals surface area contributed by atoms with Crippen LogP contribution in [0.25, 0.3) is 0 Å². The zero-order valence-electron chi connectivity index (χ0n) is 29.5. The van der Waals surface area contributed by atoms with Gasteiger partial charge in [0.25, 0.3) is 5.91 Å². The van der Waals surface area contributed by atoms with Crippen molar-refractivity contribution in [3.63, 3.8) is 0 Å². The van der Waals surface area contributed by atoms with Crippen molar-refractivity contribution in [1.82, 2.24) is 4.90 Å². The van der Waals surface area contributed by atoms with Crippen LogP contribution in [0.2, 0.25) is 18.6 Å². The molecule has 0 aromatic heterocycles. The number of fused-ring (bicyclic) bond motifs is 2. The van der Waals surface area contributed by atoms with Crippen LogP contribution in [0, 0.1) is 5.92 Å². The third kappa shape index (κ3) is 6.77.